The number of nitrogens with one attached hydrogen (secondary N) is 1. The molecule has 0 spiro atoms. The molecule has 0 unspecified atom stereocenters. The van der Waals surface area contributed by atoms with Gasteiger partial charge in [-0.05, 0) is 32.6 Å². The zero-order valence-electron chi connectivity index (χ0n) is 11.4. The third-order valence-electron chi connectivity index (χ3n) is 2.83. The lowest BCUT2D eigenvalue weighted by molar-refractivity contribution is 0.283. The Morgan fingerprint density at radius 3 is 2.67 bits per heavy atom. The molecule has 0 atom stereocenters. The first-order valence-electron chi connectivity index (χ1n) is 6.66. The number of aliphatic hydroxyl groups is 1. The van der Waals surface area contributed by atoms with E-state index in [0.717, 1.165) is 55.9 Å². The molecule has 0 aliphatic carbocycles. The fourth-order valence-electron chi connectivity index (χ4n) is 1.71. The molecule has 0 bridgehead atoms. The molecule has 4 N–H and O–H groups in total. The van der Waals surface area contributed by atoms with E-state index in [1.54, 1.807) is 0 Å². The number of nitrogens with two attached hydrogens (primary N) is 1. The minimum Gasteiger partial charge on any atom is -0.396 e. The second kappa shape index (κ2) is 7.87. The molecule has 0 fully saturated rings. The van der Waals surface area contributed by atoms with Crippen LogP contribution in [0, 0.1) is 6.92 Å². The third-order valence-corrected chi connectivity index (χ3v) is 2.83. The number of rotatable bonds is 8. The Morgan fingerprint density at radius 2 is 2.00 bits per heavy atom. The van der Waals surface area contributed by atoms with Gasteiger partial charge in [0.05, 0.1) is 0 Å². The number of hydrogen-bond donors (Lipinski definition) is 3. The van der Waals surface area contributed by atoms with E-state index in [-0.39, 0.29) is 6.61 Å². The van der Waals surface area contributed by atoms with Crippen molar-refractivity contribution in [3.05, 3.63) is 11.4 Å². The monoisotopic (exact) mass is 252 g/mol. The summed E-state index contributed by atoms with van der Waals surface area (Å²) < 4.78 is 0. The number of aryl methyl sites for hydroxylation is 1. The fraction of sp³-hybridized carbons (Fsp3) is 0.692. The predicted molar refractivity (Wildman–Crippen MR) is 74.6 cm³/mol. The molecule has 18 heavy (non-hydrogen) atoms. The van der Waals surface area contributed by atoms with Crippen LogP contribution in [-0.4, -0.2) is 28.2 Å². The Labute approximate surface area is 109 Å². The summed E-state index contributed by atoms with van der Waals surface area (Å²) >= 11 is 0. The predicted octanol–water partition coefficient (Wildman–Crippen LogP) is 1.89. The molecule has 0 aliphatic heterocycles. The molecule has 1 rings (SSSR count). The maximum atomic E-state index is 8.70. The van der Waals surface area contributed by atoms with Crippen molar-refractivity contribution in [2.45, 2.75) is 46.0 Å². The minimum atomic E-state index is 0.264. The van der Waals surface area contributed by atoms with E-state index < -0.39 is 0 Å². The maximum absolute atomic E-state index is 8.70. The van der Waals surface area contributed by atoms with Gasteiger partial charge in [-0.15, -0.1) is 0 Å². The van der Waals surface area contributed by atoms with E-state index in [9.17, 15) is 0 Å². The van der Waals surface area contributed by atoms with Gasteiger partial charge in [0.25, 0.3) is 0 Å². The summed E-state index contributed by atoms with van der Waals surface area (Å²) in [6.07, 6.45) is 4.76. The van der Waals surface area contributed by atoms with Crippen LogP contribution in [0.1, 0.15) is 44.0 Å². The van der Waals surface area contributed by atoms with E-state index in [0.29, 0.717) is 5.82 Å². The fourth-order valence-corrected chi connectivity index (χ4v) is 1.71. The Bertz CT molecular complexity index is 368. The molecule has 0 saturated carbocycles. The van der Waals surface area contributed by atoms with Gasteiger partial charge in [0.1, 0.15) is 17.5 Å². The van der Waals surface area contributed by atoms with E-state index in [2.05, 4.69) is 22.2 Å². The Morgan fingerprint density at radius 1 is 1.22 bits per heavy atom. The van der Waals surface area contributed by atoms with Crippen LogP contribution in [0.5, 0.6) is 0 Å². The van der Waals surface area contributed by atoms with Crippen LogP contribution < -0.4 is 11.1 Å². The zero-order chi connectivity index (χ0) is 13.4. The molecule has 0 aliphatic rings. The Hall–Kier alpha value is -1.36. The smallest absolute Gasteiger partial charge is 0.134 e. The highest BCUT2D eigenvalue weighted by Crippen LogP contribution is 2.17. The average Bonchev–Trinajstić information content (AvgIpc) is 2.35. The van der Waals surface area contributed by atoms with Gasteiger partial charge in [-0.2, -0.15) is 0 Å². The van der Waals surface area contributed by atoms with Gasteiger partial charge in [-0.3, -0.25) is 0 Å². The van der Waals surface area contributed by atoms with Crippen LogP contribution in [0.3, 0.4) is 0 Å². The van der Waals surface area contributed by atoms with Crippen molar-refractivity contribution in [1.82, 2.24) is 9.97 Å². The van der Waals surface area contributed by atoms with Gasteiger partial charge in [0.15, 0.2) is 0 Å². The second-order valence-electron chi connectivity index (χ2n) is 4.46. The lowest BCUT2D eigenvalue weighted by Gasteiger charge is -2.11. The molecule has 0 aromatic carbocycles. The van der Waals surface area contributed by atoms with Crippen molar-refractivity contribution in [2.24, 2.45) is 0 Å². The Kier molecular flexibility index (Phi) is 6.43. The van der Waals surface area contributed by atoms with Gasteiger partial charge >= 0.3 is 0 Å². The molecule has 0 amide bonds. The summed E-state index contributed by atoms with van der Waals surface area (Å²) in [4.78, 5) is 8.76. The SMILES string of the molecule is CCCc1nc(N)c(C)c(NCCCCCO)n1. The standard InChI is InChI=1S/C13H24N4O/c1-3-7-11-16-12(14)10(2)13(17-11)15-8-5-4-6-9-18/h18H,3-9H2,1-2H3,(H3,14,15,16,17). The number of anilines is 2. The first-order valence-corrected chi connectivity index (χ1v) is 6.66. The van der Waals surface area contributed by atoms with E-state index >= 15 is 0 Å². The largest absolute Gasteiger partial charge is 0.396 e. The van der Waals surface area contributed by atoms with Crippen LogP contribution >= 0.6 is 0 Å². The average molecular weight is 252 g/mol. The molecule has 102 valence electrons. The number of nitrogens with zero attached hydrogens (tertiary/aromatic N) is 2. The van der Waals surface area contributed by atoms with Crippen LogP contribution in [0.2, 0.25) is 0 Å². The number of nitrogen functional groups attached to an aromatic ring is 1. The van der Waals surface area contributed by atoms with Gasteiger partial charge < -0.3 is 16.2 Å². The molecule has 5 nitrogen and oxygen atoms in total. The lowest BCUT2D eigenvalue weighted by atomic mass is 10.2. The van der Waals surface area contributed by atoms with Crippen molar-refractivity contribution in [3.8, 4) is 0 Å². The number of hydrogen-bond acceptors (Lipinski definition) is 5. The first kappa shape index (κ1) is 14.7. The van der Waals surface area contributed by atoms with Crippen molar-refractivity contribution in [2.75, 3.05) is 24.2 Å². The van der Waals surface area contributed by atoms with Gasteiger partial charge in [0.2, 0.25) is 0 Å². The lowest BCUT2D eigenvalue weighted by Crippen LogP contribution is -2.10. The Balaban J connectivity index is 2.57. The molecule has 1 aromatic rings. The quantitative estimate of drug-likeness (QED) is 0.615. The van der Waals surface area contributed by atoms with Crippen LogP contribution in [0.4, 0.5) is 11.6 Å². The van der Waals surface area contributed by atoms with Crippen molar-refractivity contribution in [1.29, 1.82) is 0 Å². The number of unbranched alkanes of at least 4 members (excludes halogenated alkanes) is 2. The zero-order valence-corrected chi connectivity index (χ0v) is 11.4. The maximum Gasteiger partial charge on any atom is 0.134 e. The van der Waals surface area contributed by atoms with Crippen LogP contribution in [-0.2, 0) is 6.42 Å². The normalized spacial score (nSPS) is 10.6. The summed E-state index contributed by atoms with van der Waals surface area (Å²) in [6.45, 7) is 5.14. The van der Waals surface area contributed by atoms with Crippen molar-refractivity contribution < 1.29 is 5.11 Å². The summed E-state index contributed by atoms with van der Waals surface area (Å²) in [6, 6.07) is 0. The number of aliphatic hydroxyl groups excluding tert-OH is 1. The highest BCUT2D eigenvalue weighted by atomic mass is 16.2. The highest BCUT2D eigenvalue weighted by Gasteiger charge is 2.07. The molecule has 0 radical (unpaired) electrons. The molecular formula is C13H24N4O. The van der Waals surface area contributed by atoms with Crippen LogP contribution in [0.15, 0.2) is 0 Å². The third kappa shape index (κ3) is 4.49. The van der Waals surface area contributed by atoms with E-state index in [1.807, 2.05) is 6.92 Å². The van der Waals surface area contributed by atoms with E-state index in [4.69, 9.17) is 10.8 Å². The molecular weight excluding hydrogens is 228 g/mol. The first-order chi connectivity index (χ1) is 8.69. The molecule has 5 heteroatoms. The summed E-state index contributed by atoms with van der Waals surface area (Å²) in [5.74, 6) is 2.21. The van der Waals surface area contributed by atoms with Crippen molar-refractivity contribution >= 4 is 11.6 Å². The van der Waals surface area contributed by atoms with Gasteiger partial charge in [-0.1, -0.05) is 6.92 Å². The van der Waals surface area contributed by atoms with Gasteiger partial charge in [0, 0.05) is 25.1 Å². The molecule has 0 saturated heterocycles. The van der Waals surface area contributed by atoms with Crippen molar-refractivity contribution in [3.63, 3.8) is 0 Å². The molecule has 1 aromatic heterocycles. The number of aromatic nitrogens is 2. The van der Waals surface area contributed by atoms with Gasteiger partial charge in [-0.25, -0.2) is 9.97 Å². The summed E-state index contributed by atoms with van der Waals surface area (Å²) in [5.41, 5.74) is 6.79. The van der Waals surface area contributed by atoms with Crippen LogP contribution in [0.25, 0.3) is 0 Å². The molecule has 1 heterocycles. The topological polar surface area (TPSA) is 84.1 Å². The van der Waals surface area contributed by atoms with E-state index in [1.165, 1.54) is 0 Å². The highest BCUT2D eigenvalue weighted by molar-refractivity contribution is 5.54. The summed E-state index contributed by atoms with van der Waals surface area (Å²) in [5, 5.41) is 12.0. The minimum absolute atomic E-state index is 0.264. The second-order valence-corrected chi connectivity index (χ2v) is 4.46. The summed E-state index contributed by atoms with van der Waals surface area (Å²) in [7, 11) is 0.